The van der Waals surface area contributed by atoms with Crippen LogP contribution in [0.5, 0.6) is 0 Å². The van der Waals surface area contributed by atoms with Crippen LogP contribution in [0.1, 0.15) is 38.5 Å². The predicted octanol–water partition coefficient (Wildman–Crippen LogP) is 0.767. The lowest BCUT2D eigenvalue weighted by atomic mass is 10.0. The molecule has 0 unspecified atom stereocenters. The van der Waals surface area contributed by atoms with Gasteiger partial charge in [-0.1, -0.05) is 0 Å². The zero-order chi connectivity index (χ0) is 22.7. The van der Waals surface area contributed by atoms with Gasteiger partial charge < -0.3 is 24.7 Å². The van der Waals surface area contributed by atoms with Crippen molar-refractivity contribution in [2.24, 2.45) is 0 Å². The third-order valence-electron chi connectivity index (χ3n) is 5.76. The van der Waals surface area contributed by atoms with Gasteiger partial charge in [0.15, 0.2) is 30.4 Å². The Morgan fingerprint density at radius 2 is 2.19 bits per heavy atom. The Hall–Kier alpha value is -3.27. The summed E-state index contributed by atoms with van der Waals surface area (Å²) >= 11 is 0. The van der Waals surface area contributed by atoms with Gasteiger partial charge >= 0.3 is 17.7 Å². The Morgan fingerprint density at radius 3 is 2.91 bits per heavy atom. The Bertz CT molecular complexity index is 1140. The van der Waals surface area contributed by atoms with Crippen LogP contribution in [-0.4, -0.2) is 63.0 Å². The molecule has 12 nitrogen and oxygen atoms in total. The van der Waals surface area contributed by atoms with Gasteiger partial charge in [0.1, 0.15) is 24.1 Å². The molecule has 3 saturated heterocycles. The van der Waals surface area contributed by atoms with Crippen molar-refractivity contribution in [2.45, 2.75) is 62.6 Å². The molecule has 5 atom stereocenters. The highest BCUT2D eigenvalue weighted by molar-refractivity contribution is 5.82. The molecule has 0 amide bonds. The van der Waals surface area contributed by atoms with Crippen molar-refractivity contribution in [2.75, 3.05) is 12.3 Å². The molecule has 0 aromatic carbocycles. The minimum atomic E-state index is -1.66. The molecule has 5 rings (SSSR count). The molecule has 168 valence electrons. The molecule has 0 radical (unpaired) electrons. The minimum Gasteiger partial charge on any atom is -0.451 e. The van der Waals surface area contributed by atoms with Crippen LogP contribution in [0.2, 0.25) is 0 Å². The number of hydrogen-bond acceptors (Lipinski definition) is 10. The second-order valence-electron chi connectivity index (χ2n) is 8.34. The topological polar surface area (TPSA) is 141 Å². The van der Waals surface area contributed by atoms with E-state index >= 15 is 0 Å². The van der Waals surface area contributed by atoms with Crippen LogP contribution in [0.25, 0.3) is 10.4 Å². The summed E-state index contributed by atoms with van der Waals surface area (Å²) in [5.41, 5.74) is 5.44. The number of hydrogen-bond donors (Lipinski definition) is 1. The van der Waals surface area contributed by atoms with Crippen molar-refractivity contribution in [3.05, 3.63) is 35.6 Å². The van der Waals surface area contributed by atoms with E-state index in [4.69, 9.17) is 36.0 Å². The largest absolute Gasteiger partial charge is 0.451 e. The fourth-order valence-corrected chi connectivity index (χ4v) is 4.33. The fraction of sp³-hybridized carbons (Fsp3) is 0.550. The average Bonchev–Trinajstić information content (AvgIpc) is 3.50. The second-order valence-corrected chi connectivity index (χ2v) is 8.34. The Balaban J connectivity index is 1.45. The maximum absolute atomic E-state index is 12.4. The van der Waals surface area contributed by atoms with Gasteiger partial charge in [0.25, 0.3) is 0 Å². The van der Waals surface area contributed by atoms with Crippen LogP contribution in [-0.2, 0) is 33.3 Å². The van der Waals surface area contributed by atoms with Gasteiger partial charge in [0.2, 0.25) is 0 Å². The molecule has 2 N–H and O–H groups in total. The summed E-state index contributed by atoms with van der Waals surface area (Å²) in [6.07, 6.45) is -1.54. The van der Waals surface area contributed by atoms with Crippen molar-refractivity contribution in [3.63, 3.8) is 0 Å². The third kappa shape index (κ3) is 3.17. The SMILES string of the molecule is [C-]#[N+][C@]1(COC(=O)[C@H]2CCC(=O)O2)O[C@@H](c2ccc3c(N)ncnn23)[C@@H]2OC(C)(C)O[C@@H]21. The smallest absolute Gasteiger partial charge is 0.400 e. The van der Waals surface area contributed by atoms with Crippen molar-refractivity contribution >= 4 is 23.3 Å². The van der Waals surface area contributed by atoms with E-state index in [2.05, 4.69) is 14.9 Å². The van der Waals surface area contributed by atoms with Crippen LogP contribution in [0, 0.1) is 6.57 Å². The number of cyclic esters (lactones) is 1. The highest BCUT2D eigenvalue weighted by atomic mass is 16.8. The van der Waals surface area contributed by atoms with Crippen LogP contribution in [0.3, 0.4) is 0 Å². The molecule has 32 heavy (non-hydrogen) atoms. The van der Waals surface area contributed by atoms with E-state index in [0.717, 1.165) is 0 Å². The molecular weight excluding hydrogens is 422 g/mol. The summed E-state index contributed by atoms with van der Waals surface area (Å²) in [5.74, 6) is -1.88. The van der Waals surface area contributed by atoms with Gasteiger partial charge in [-0.05, 0) is 26.0 Å². The number of ether oxygens (including phenoxy) is 5. The van der Waals surface area contributed by atoms with E-state index in [-0.39, 0.29) is 12.8 Å². The zero-order valence-corrected chi connectivity index (χ0v) is 17.4. The first-order valence-corrected chi connectivity index (χ1v) is 10.1. The summed E-state index contributed by atoms with van der Waals surface area (Å²) < 4.78 is 30.1. The number of rotatable bonds is 4. The number of aromatic nitrogens is 3. The predicted molar refractivity (Wildman–Crippen MR) is 104 cm³/mol. The standard InChI is InChI=1S/C20H21N5O7/c1-19(2)30-15-14(10-4-5-11-17(21)23-9-24-25(10)11)31-20(22-3,16(15)32-19)8-28-18(27)12-6-7-13(26)29-12/h4-5,9,12,14-16H,6-8H2,1-2H3,(H2,21,23,24)/t12-,14+,15+,16+,20-/m1/s1. The van der Waals surface area contributed by atoms with E-state index in [1.807, 2.05) is 0 Å². The van der Waals surface area contributed by atoms with E-state index in [0.29, 0.717) is 17.0 Å². The second kappa shape index (κ2) is 7.13. The van der Waals surface area contributed by atoms with E-state index in [1.54, 1.807) is 30.5 Å². The number of carbonyl (C=O) groups is 2. The van der Waals surface area contributed by atoms with Crippen LogP contribution < -0.4 is 5.73 Å². The van der Waals surface area contributed by atoms with E-state index in [1.165, 1.54) is 6.33 Å². The number of nitrogens with zero attached hydrogens (tertiary/aromatic N) is 4. The maximum Gasteiger partial charge on any atom is 0.400 e. The average molecular weight is 443 g/mol. The first-order valence-electron chi connectivity index (χ1n) is 10.1. The first-order chi connectivity index (χ1) is 15.2. The van der Waals surface area contributed by atoms with Crippen molar-refractivity contribution < 1.29 is 33.3 Å². The highest BCUT2D eigenvalue weighted by Crippen LogP contribution is 2.51. The number of carbonyl (C=O) groups excluding carboxylic acids is 2. The maximum atomic E-state index is 12.4. The first kappa shape index (κ1) is 20.6. The summed E-state index contributed by atoms with van der Waals surface area (Å²) in [5, 5.41) is 4.24. The number of fused-ring (bicyclic) bond motifs is 2. The quantitative estimate of drug-likeness (QED) is 0.532. The Kier molecular flexibility index (Phi) is 4.59. The molecule has 0 aliphatic carbocycles. The summed E-state index contributed by atoms with van der Waals surface area (Å²) in [6, 6.07) is 3.51. The molecule has 12 heteroatoms. The molecule has 3 fully saturated rings. The van der Waals surface area contributed by atoms with Crippen molar-refractivity contribution in [1.82, 2.24) is 14.6 Å². The molecule has 0 bridgehead atoms. The lowest BCUT2D eigenvalue weighted by Gasteiger charge is -2.25. The molecular formula is C20H21N5O7. The van der Waals surface area contributed by atoms with Crippen LogP contribution >= 0.6 is 0 Å². The van der Waals surface area contributed by atoms with Gasteiger partial charge in [-0.15, -0.1) is 0 Å². The minimum absolute atomic E-state index is 0.147. The summed E-state index contributed by atoms with van der Waals surface area (Å²) in [6.45, 7) is 10.9. The molecule has 2 aromatic rings. The Morgan fingerprint density at radius 1 is 1.38 bits per heavy atom. The van der Waals surface area contributed by atoms with Crippen molar-refractivity contribution in [3.8, 4) is 0 Å². The molecule has 0 spiro atoms. The van der Waals surface area contributed by atoms with Gasteiger partial charge in [-0.3, -0.25) is 14.4 Å². The fourth-order valence-electron chi connectivity index (χ4n) is 4.33. The lowest BCUT2D eigenvalue weighted by molar-refractivity contribution is -0.211. The van der Waals surface area contributed by atoms with E-state index in [9.17, 15) is 9.59 Å². The molecule has 3 aliphatic heterocycles. The molecule has 0 saturated carbocycles. The highest BCUT2D eigenvalue weighted by Gasteiger charge is 2.69. The monoisotopic (exact) mass is 443 g/mol. The van der Waals surface area contributed by atoms with Gasteiger partial charge in [-0.25, -0.2) is 20.9 Å². The molecule has 2 aromatic heterocycles. The van der Waals surface area contributed by atoms with Crippen LogP contribution in [0.15, 0.2) is 18.5 Å². The number of nitrogen functional groups attached to an aromatic ring is 1. The lowest BCUT2D eigenvalue weighted by Crippen LogP contribution is -2.45. The summed E-state index contributed by atoms with van der Waals surface area (Å²) in [7, 11) is 0. The van der Waals surface area contributed by atoms with Gasteiger partial charge in [-0.2, -0.15) is 5.10 Å². The van der Waals surface area contributed by atoms with Gasteiger partial charge in [0, 0.05) is 12.8 Å². The normalized spacial score (nSPS) is 33.1. The van der Waals surface area contributed by atoms with Crippen molar-refractivity contribution in [1.29, 1.82) is 0 Å². The molecule has 5 heterocycles. The summed E-state index contributed by atoms with van der Waals surface area (Å²) in [4.78, 5) is 31.3. The van der Waals surface area contributed by atoms with E-state index < -0.39 is 54.5 Å². The number of nitrogens with two attached hydrogens (primary N) is 1. The van der Waals surface area contributed by atoms with Crippen LogP contribution in [0.4, 0.5) is 5.82 Å². The number of esters is 2. The Labute approximate surface area is 182 Å². The third-order valence-corrected chi connectivity index (χ3v) is 5.76. The zero-order valence-electron chi connectivity index (χ0n) is 17.4. The molecule has 3 aliphatic rings. The number of anilines is 1. The van der Waals surface area contributed by atoms with Gasteiger partial charge in [0.05, 0.1) is 5.69 Å².